The Morgan fingerprint density at radius 3 is 2.70 bits per heavy atom. The molecule has 1 saturated heterocycles. The number of aromatic nitrogens is 1. The van der Waals surface area contributed by atoms with Gasteiger partial charge < -0.3 is 15.6 Å². The van der Waals surface area contributed by atoms with Gasteiger partial charge in [-0.05, 0) is 36.6 Å². The van der Waals surface area contributed by atoms with E-state index in [4.69, 9.17) is 0 Å². The lowest BCUT2D eigenvalue weighted by Crippen LogP contribution is -2.46. The first-order chi connectivity index (χ1) is 13.1. The molecule has 0 atom stereocenters. The predicted molar refractivity (Wildman–Crippen MR) is 102 cm³/mol. The van der Waals surface area contributed by atoms with Gasteiger partial charge in [0.2, 0.25) is 11.8 Å². The zero-order chi connectivity index (χ0) is 19.2. The van der Waals surface area contributed by atoms with E-state index in [1.165, 1.54) is 17.0 Å². The van der Waals surface area contributed by atoms with Crippen LogP contribution in [0.5, 0.6) is 0 Å². The van der Waals surface area contributed by atoms with Crippen LogP contribution in [0.2, 0.25) is 0 Å². The van der Waals surface area contributed by atoms with Crippen LogP contribution in [0.3, 0.4) is 0 Å². The number of amides is 2. The summed E-state index contributed by atoms with van der Waals surface area (Å²) >= 11 is 0. The van der Waals surface area contributed by atoms with E-state index in [0.717, 1.165) is 22.9 Å². The molecule has 3 rings (SSSR count). The number of halogens is 1. The summed E-state index contributed by atoms with van der Waals surface area (Å²) in [6.45, 7) is 1.43. The molecule has 27 heavy (non-hydrogen) atoms. The Kier molecular flexibility index (Phi) is 6.05. The molecule has 1 aliphatic rings. The minimum absolute atomic E-state index is 0.105. The van der Waals surface area contributed by atoms with Gasteiger partial charge in [-0.25, -0.2) is 4.39 Å². The Balaban J connectivity index is 1.45. The van der Waals surface area contributed by atoms with Gasteiger partial charge in [-0.3, -0.25) is 19.5 Å². The van der Waals surface area contributed by atoms with Crippen LogP contribution in [0.25, 0.3) is 10.9 Å². The molecule has 0 saturated carbocycles. The first-order valence-electron chi connectivity index (χ1n) is 9.11. The molecule has 0 spiro atoms. The van der Waals surface area contributed by atoms with Gasteiger partial charge in [-0.15, -0.1) is 0 Å². The van der Waals surface area contributed by atoms with Crippen LogP contribution in [0.1, 0.15) is 24.8 Å². The van der Waals surface area contributed by atoms with E-state index in [-0.39, 0.29) is 17.6 Å². The highest BCUT2D eigenvalue weighted by molar-refractivity contribution is 5.97. The summed E-state index contributed by atoms with van der Waals surface area (Å²) in [5.41, 5.74) is 1.88. The molecule has 1 aliphatic heterocycles. The summed E-state index contributed by atoms with van der Waals surface area (Å²) in [4.78, 5) is 32.1. The van der Waals surface area contributed by atoms with E-state index in [1.807, 2.05) is 6.20 Å². The topological polar surface area (TPSA) is 89.6 Å². The summed E-state index contributed by atoms with van der Waals surface area (Å²) in [6, 6.07) is 4.71. The van der Waals surface area contributed by atoms with Gasteiger partial charge in [0.1, 0.15) is 5.82 Å². The maximum Gasteiger partial charge on any atom is 0.229 e. The quantitative estimate of drug-likeness (QED) is 0.407. The smallest absolute Gasteiger partial charge is 0.229 e. The van der Waals surface area contributed by atoms with Crippen LogP contribution in [0, 0.1) is 5.82 Å². The average molecular weight is 373 g/mol. The molecule has 0 radical (unpaired) electrons. The Bertz CT molecular complexity index is 845. The molecule has 144 valence electrons. The zero-order valence-corrected chi connectivity index (χ0v) is 15.3. The third-order valence-electron chi connectivity index (χ3n) is 4.65. The lowest BCUT2D eigenvalue weighted by molar-refractivity contribution is -0.147. The highest BCUT2D eigenvalue weighted by Gasteiger charge is 2.25. The van der Waals surface area contributed by atoms with Crippen molar-refractivity contribution in [2.45, 2.75) is 25.7 Å². The van der Waals surface area contributed by atoms with Gasteiger partial charge in [0, 0.05) is 56.6 Å². The summed E-state index contributed by atoms with van der Waals surface area (Å²) in [6.07, 6.45) is 4.15. The number of likely N-dealkylation sites (tertiary alicyclic amines) is 1. The van der Waals surface area contributed by atoms with Gasteiger partial charge in [-0.1, -0.05) is 0 Å². The predicted octanol–water partition coefficient (Wildman–Crippen LogP) is 1.55. The number of H-pyrrole nitrogens is 1. The van der Waals surface area contributed by atoms with Crippen LogP contribution in [-0.4, -0.2) is 54.3 Å². The minimum atomic E-state index is -0.260. The molecule has 1 aromatic heterocycles. The largest absolute Gasteiger partial charge is 0.361 e. The fraction of sp³-hybridized carbons (Fsp3) is 0.421. The summed E-state index contributed by atoms with van der Waals surface area (Å²) in [7, 11) is 1.67. The molecule has 7 nitrogen and oxygen atoms in total. The molecule has 8 heteroatoms. The number of benzene rings is 1. The van der Waals surface area contributed by atoms with Crippen LogP contribution in [-0.2, 0) is 16.0 Å². The number of hydrogen-bond donors (Lipinski definition) is 3. The second kappa shape index (κ2) is 8.66. The third-order valence-corrected chi connectivity index (χ3v) is 4.65. The maximum absolute atomic E-state index is 13.2. The molecule has 0 aliphatic carbocycles. The van der Waals surface area contributed by atoms with Crippen LogP contribution >= 0.6 is 0 Å². The Labute approximate surface area is 157 Å². The molecular formula is C19H24FN5O2. The lowest BCUT2D eigenvalue weighted by Gasteiger charge is -2.25. The molecule has 1 fully saturated rings. The van der Waals surface area contributed by atoms with Crippen molar-refractivity contribution >= 4 is 28.7 Å². The Morgan fingerprint density at radius 1 is 1.22 bits per heavy atom. The van der Waals surface area contributed by atoms with E-state index in [9.17, 15) is 14.0 Å². The van der Waals surface area contributed by atoms with E-state index in [0.29, 0.717) is 44.9 Å². The fourth-order valence-electron chi connectivity index (χ4n) is 3.24. The molecule has 1 aromatic carbocycles. The number of nitrogens with one attached hydrogen (secondary N) is 3. The summed E-state index contributed by atoms with van der Waals surface area (Å²) < 4.78 is 13.2. The van der Waals surface area contributed by atoms with E-state index < -0.39 is 0 Å². The van der Waals surface area contributed by atoms with Gasteiger partial charge in [0.25, 0.3) is 0 Å². The number of carbonyl (C=O) groups excluding carboxylic acids is 2. The molecule has 3 N–H and O–H groups in total. The van der Waals surface area contributed by atoms with Crippen molar-refractivity contribution in [2.75, 3.05) is 26.7 Å². The van der Waals surface area contributed by atoms with Crippen LogP contribution in [0.15, 0.2) is 29.4 Å². The SMILES string of the molecule is CN=C(NCCc1c[nH]c2cc(F)ccc12)NCCN1C(=O)CCCC1=O. The fourth-order valence-corrected chi connectivity index (χ4v) is 3.24. The Morgan fingerprint density at radius 2 is 1.96 bits per heavy atom. The number of carbonyl (C=O) groups is 2. The monoisotopic (exact) mass is 373 g/mol. The maximum atomic E-state index is 13.2. The van der Waals surface area contributed by atoms with Crippen molar-refractivity contribution in [3.8, 4) is 0 Å². The summed E-state index contributed by atoms with van der Waals surface area (Å²) in [5, 5.41) is 7.33. The molecule has 0 unspecified atom stereocenters. The zero-order valence-electron chi connectivity index (χ0n) is 15.3. The number of guanidine groups is 1. The molecular weight excluding hydrogens is 349 g/mol. The van der Waals surface area contributed by atoms with Crippen molar-refractivity contribution in [2.24, 2.45) is 4.99 Å². The second-order valence-electron chi connectivity index (χ2n) is 6.47. The number of nitrogens with zero attached hydrogens (tertiary/aromatic N) is 2. The van der Waals surface area contributed by atoms with Crippen molar-refractivity contribution in [3.05, 3.63) is 35.8 Å². The number of aromatic amines is 1. The minimum Gasteiger partial charge on any atom is -0.361 e. The van der Waals surface area contributed by atoms with Gasteiger partial charge in [0.15, 0.2) is 5.96 Å². The third kappa shape index (κ3) is 4.64. The molecule has 0 bridgehead atoms. The van der Waals surface area contributed by atoms with Crippen molar-refractivity contribution < 1.29 is 14.0 Å². The standard InChI is InChI=1S/C19H24FN5O2/c1-21-19(23-9-10-25-17(26)3-2-4-18(25)27)22-8-7-13-12-24-16-11-14(20)5-6-15(13)16/h5-6,11-12,24H,2-4,7-10H2,1H3,(H2,21,22,23). The van der Waals surface area contributed by atoms with Gasteiger partial charge in [-0.2, -0.15) is 0 Å². The molecule has 2 aromatic rings. The van der Waals surface area contributed by atoms with Crippen molar-refractivity contribution in [3.63, 3.8) is 0 Å². The van der Waals surface area contributed by atoms with Crippen molar-refractivity contribution in [1.82, 2.24) is 20.5 Å². The normalized spacial score (nSPS) is 15.5. The number of aliphatic imine (C=N–C) groups is 1. The highest BCUT2D eigenvalue weighted by atomic mass is 19.1. The van der Waals surface area contributed by atoms with Gasteiger partial charge >= 0.3 is 0 Å². The summed E-state index contributed by atoms with van der Waals surface area (Å²) in [5.74, 6) is 0.139. The first kappa shape index (κ1) is 18.9. The van der Waals surface area contributed by atoms with Crippen LogP contribution in [0.4, 0.5) is 4.39 Å². The number of imide groups is 1. The first-order valence-corrected chi connectivity index (χ1v) is 9.11. The number of rotatable bonds is 6. The number of fused-ring (bicyclic) bond motifs is 1. The van der Waals surface area contributed by atoms with Crippen molar-refractivity contribution in [1.29, 1.82) is 0 Å². The average Bonchev–Trinajstić information content (AvgIpc) is 3.04. The second-order valence-corrected chi connectivity index (χ2v) is 6.47. The molecule has 2 heterocycles. The van der Waals surface area contributed by atoms with E-state index in [1.54, 1.807) is 13.1 Å². The van der Waals surface area contributed by atoms with Crippen LogP contribution < -0.4 is 10.6 Å². The Hall–Kier alpha value is -2.90. The molecule has 2 amide bonds. The van der Waals surface area contributed by atoms with Gasteiger partial charge in [0.05, 0.1) is 0 Å². The van der Waals surface area contributed by atoms with E-state index in [2.05, 4.69) is 20.6 Å². The van der Waals surface area contributed by atoms with E-state index >= 15 is 0 Å². The number of hydrogen-bond acceptors (Lipinski definition) is 3. The number of piperidine rings is 1. The lowest BCUT2D eigenvalue weighted by atomic mass is 10.1. The highest BCUT2D eigenvalue weighted by Crippen LogP contribution is 2.19.